The van der Waals surface area contributed by atoms with Crippen molar-refractivity contribution in [3.63, 3.8) is 0 Å². The summed E-state index contributed by atoms with van der Waals surface area (Å²) in [6, 6.07) is 10.1. The summed E-state index contributed by atoms with van der Waals surface area (Å²) >= 11 is 0. The zero-order chi connectivity index (χ0) is 16.5. The normalized spacial score (nSPS) is 12.1. The molecule has 23 heavy (non-hydrogen) atoms. The number of ether oxygens (including phenoxy) is 1. The van der Waals surface area contributed by atoms with Gasteiger partial charge in [-0.05, 0) is 43.4 Å². The Morgan fingerprint density at radius 3 is 2.74 bits per heavy atom. The summed E-state index contributed by atoms with van der Waals surface area (Å²) in [5.74, 6) is 2.33. The molecule has 0 saturated heterocycles. The molecule has 1 atom stereocenters. The van der Waals surface area contributed by atoms with Gasteiger partial charge in [-0.3, -0.25) is 0 Å². The van der Waals surface area contributed by atoms with Crippen LogP contribution >= 0.6 is 0 Å². The summed E-state index contributed by atoms with van der Waals surface area (Å²) < 4.78 is 6.01. The molecule has 1 aromatic carbocycles. The quantitative estimate of drug-likeness (QED) is 0.630. The van der Waals surface area contributed by atoms with Crippen LogP contribution < -0.4 is 4.74 Å². The zero-order valence-electron chi connectivity index (χ0n) is 14.6. The van der Waals surface area contributed by atoms with Crippen LogP contribution in [0.2, 0.25) is 0 Å². The maximum atomic E-state index is 6.01. The summed E-state index contributed by atoms with van der Waals surface area (Å²) in [4.78, 5) is 9.16. The molecule has 0 spiro atoms. The second kappa shape index (κ2) is 9.29. The first-order valence-electron chi connectivity index (χ1n) is 8.78. The van der Waals surface area contributed by atoms with Crippen molar-refractivity contribution in [1.82, 2.24) is 9.97 Å². The van der Waals surface area contributed by atoms with Crippen LogP contribution in [0.5, 0.6) is 5.75 Å². The van der Waals surface area contributed by atoms with Gasteiger partial charge in [0.25, 0.3) is 0 Å². The molecule has 1 unspecified atom stereocenters. The van der Waals surface area contributed by atoms with Gasteiger partial charge in [0.2, 0.25) is 0 Å². The Morgan fingerprint density at radius 2 is 1.96 bits per heavy atom. The van der Waals surface area contributed by atoms with E-state index in [9.17, 15) is 0 Å². The molecule has 0 aliphatic heterocycles. The van der Waals surface area contributed by atoms with Crippen molar-refractivity contribution >= 4 is 0 Å². The average Bonchev–Trinajstić information content (AvgIpc) is 2.60. The van der Waals surface area contributed by atoms with E-state index in [1.165, 1.54) is 12.8 Å². The number of aromatic nitrogens is 2. The van der Waals surface area contributed by atoms with E-state index < -0.39 is 0 Å². The summed E-state index contributed by atoms with van der Waals surface area (Å²) in [5, 5.41) is 0. The largest absolute Gasteiger partial charge is 0.493 e. The molecule has 2 aromatic rings. The van der Waals surface area contributed by atoms with Crippen LogP contribution in [0.15, 0.2) is 36.5 Å². The van der Waals surface area contributed by atoms with Crippen LogP contribution in [0.4, 0.5) is 0 Å². The van der Waals surface area contributed by atoms with Crippen molar-refractivity contribution < 1.29 is 4.74 Å². The molecule has 0 aliphatic rings. The first-order chi connectivity index (χ1) is 11.2. The van der Waals surface area contributed by atoms with Crippen LogP contribution in [0, 0.1) is 5.92 Å². The lowest BCUT2D eigenvalue weighted by Gasteiger charge is -2.13. The number of benzene rings is 1. The van der Waals surface area contributed by atoms with Crippen LogP contribution in [0.1, 0.15) is 52.1 Å². The van der Waals surface area contributed by atoms with Gasteiger partial charge >= 0.3 is 0 Å². The summed E-state index contributed by atoms with van der Waals surface area (Å²) in [6.07, 6.45) is 7.44. The number of unbranched alkanes of at least 4 members (excludes halogenated alkanes) is 1. The van der Waals surface area contributed by atoms with Crippen molar-refractivity contribution in [2.75, 3.05) is 6.61 Å². The minimum Gasteiger partial charge on any atom is -0.493 e. The highest BCUT2D eigenvalue weighted by Crippen LogP contribution is 2.27. The maximum absolute atomic E-state index is 6.01. The molecule has 0 radical (unpaired) electrons. The van der Waals surface area contributed by atoms with E-state index in [0.29, 0.717) is 5.92 Å². The van der Waals surface area contributed by atoms with Crippen molar-refractivity contribution in [2.24, 2.45) is 5.92 Å². The van der Waals surface area contributed by atoms with Gasteiger partial charge in [-0.2, -0.15) is 0 Å². The Balaban J connectivity index is 2.13. The molecule has 1 aromatic heterocycles. The van der Waals surface area contributed by atoms with E-state index in [0.717, 1.165) is 48.7 Å². The summed E-state index contributed by atoms with van der Waals surface area (Å²) in [6.45, 7) is 7.41. The number of aryl methyl sites for hydroxylation is 1. The maximum Gasteiger partial charge on any atom is 0.163 e. The van der Waals surface area contributed by atoms with E-state index >= 15 is 0 Å². The fourth-order valence-corrected chi connectivity index (χ4v) is 2.37. The predicted octanol–water partition coefficient (Wildman–Crippen LogP) is 5.30. The van der Waals surface area contributed by atoms with Gasteiger partial charge in [0.05, 0.1) is 12.2 Å². The first-order valence-corrected chi connectivity index (χ1v) is 8.78. The Hall–Kier alpha value is -1.90. The Morgan fingerprint density at radius 1 is 1.13 bits per heavy atom. The Bertz CT molecular complexity index is 598. The molecule has 0 saturated carbocycles. The Kier molecular flexibility index (Phi) is 7.05. The Labute approximate surface area is 140 Å². The monoisotopic (exact) mass is 312 g/mol. The molecule has 0 fully saturated rings. The average molecular weight is 312 g/mol. The van der Waals surface area contributed by atoms with Gasteiger partial charge in [0, 0.05) is 11.9 Å². The minimum atomic E-state index is 0.691. The fraction of sp³-hybridized carbons (Fsp3) is 0.500. The lowest BCUT2D eigenvalue weighted by Crippen LogP contribution is -2.04. The van der Waals surface area contributed by atoms with E-state index in [-0.39, 0.29) is 0 Å². The van der Waals surface area contributed by atoms with Crippen molar-refractivity contribution in [2.45, 2.75) is 52.9 Å². The predicted molar refractivity (Wildman–Crippen MR) is 95.6 cm³/mol. The van der Waals surface area contributed by atoms with Crippen molar-refractivity contribution in [3.8, 4) is 17.1 Å². The third kappa shape index (κ3) is 5.34. The third-order valence-corrected chi connectivity index (χ3v) is 4.19. The molecule has 3 nitrogen and oxygen atoms in total. The van der Waals surface area contributed by atoms with Crippen molar-refractivity contribution in [1.29, 1.82) is 0 Å². The highest BCUT2D eigenvalue weighted by atomic mass is 16.5. The van der Waals surface area contributed by atoms with Gasteiger partial charge in [-0.1, -0.05) is 45.7 Å². The van der Waals surface area contributed by atoms with Gasteiger partial charge in [0.15, 0.2) is 5.82 Å². The molecule has 3 heteroatoms. The zero-order valence-corrected chi connectivity index (χ0v) is 14.6. The second-order valence-electron chi connectivity index (χ2n) is 6.12. The second-order valence-corrected chi connectivity index (χ2v) is 6.12. The number of hydrogen-bond acceptors (Lipinski definition) is 3. The molecule has 0 bridgehead atoms. The third-order valence-electron chi connectivity index (χ3n) is 4.19. The number of rotatable bonds is 9. The van der Waals surface area contributed by atoms with E-state index in [1.807, 2.05) is 36.5 Å². The van der Waals surface area contributed by atoms with E-state index in [4.69, 9.17) is 9.72 Å². The van der Waals surface area contributed by atoms with Crippen LogP contribution in [0.25, 0.3) is 11.4 Å². The standard InChI is InChI=1S/C20H28N2O/c1-4-6-9-17-12-14-21-20(22-17)18-10-7-8-11-19(18)23-15-13-16(3)5-2/h7-8,10-12,14,16H,4-6,9,13,15H2,1-3H3. The topological polar surface area (TPSA) is 35.0 Å². The highest BCUT2D eigenvalue weighted by Gasteiger charge is 2.10. The van der Waals surface area contributed by atoms with Crippen LogP contribution in [0.3, 0.4) is 0 Å². The van der Waals surface area contributed by atoms with Gasteiger partial charge in [-0.15, -0.1) is 0 Å². The van der Waals surface area contributed by atoms with Crippen LogP contribution in [-0.2, 0) is 6.42 Å². The highest BCUT2D eigenvalue weighted by molar-refractivity contribution is 5.63. The lowest BCUT2D eigenvalue weighted by molar-refractivity contribution is 0.282. The van der Waals surface area contributed by atoms with Gasteiger partial charge < -0.3 is 4.74 Å². The van der Waals surface area contributed by atoms with Gasteiger partial charge in [-0.25, -0.2) is 9.97 Å². The molecular weight excluding hydrogens is 284 g/mol. The summed E-state index contributed by atoms with van der Waals surface area (Å²) in [5.41, 5.74) is 2.08. The van der Waals surface area contributed by atoms with E-state index in [2.05, 4.69) is 25.8 Å². The molecule has 124 valence electrons. The number of para-hydroxylation sites is 1. The molecule has 2 rings (SSSR count). The number of nitrogens with zero attached hydrogens (tertiary/aromatic N) is 2. The van der Waals surface area contributed by atoms with Crippen LogP contribution in [-0.4, -0.2) is 16.6 Å². The van der Waals surface area contributed by atoms with Gasteiger partial charge in [0.1, 0.15) is 5.75 Å². The first kappa shape index (κ1) is 17.5. The minimum absolute atomic E-state index is 0.691. The van der Waals surface area contributed by atoms with E-state index in [1.54, 1.807) is 0 Å². The lowest BCUT2D eigenvalue weighted by atomic mass is 10.1. The summed E-state index contributed by atoms with van der Waals surface area (Å²) in [7, 11) is 0. The molecule has 0 aliphatic carbocycles. The number of hydrogen-bond donors (Lipinski definition) is 0. The smallest absolute Gasteiger partial charge is 0.163 e. The molecular formula is C20H28N2O. The molecule has 0 amide bonds. The molecule has 0 N–H and O–H groups in total. The molecule has 1 heterocycles. The SMILES string of the molecule is CCCCc1ccnc(-c2ccccc2OCCC(C)CC)n1. The fourth-order valence-electron chi connectivity index (χ4n) is 2.37. The van der Waals surface area contributed by atoms with Crippen molar-refractivity contribution in [3.05, 3.63) is 42.2 Å².